The zero-order chi connectivity index (χ0) is 14.4. The van der Waals surface area contributed by atoms with Crippen LogP contribution in [0.5, 0.6) is 0 Å². The van der Waals surface area contributed by atoms with Crippen molar-refractivity contribution in [3.63, 3.8) is 0 Å². The van der Waals surface area contributed by atoms with Crippen molar-refractivity contribution >= 4 is 11.7 Å². The molecule has 0 saturated carbocycles. The maximum absolute atomic E-state index is 11.6. The topological polar surface area (TPSA) is 38.3 Å². The molecular formula is C17H19NO2. The number of esters is 1. The third kappa shape index (κ3) is 3.60. The van der Waals surface area contributed by atoms with E-state index in [2.05, 4.69) is 24.4 Å². The van der Waals surface area contributed by atoms with Gasteiger partial charge in [-0.15, -0.1) is 0 Å². The van der Waals surface area contributed by atoms with Crippen LogP contribution >= 0.6 is 0 Å². The molecule has 0 aliphatic heterocycles. The van der Waals surface area contributed by atoms with Gasteiger partial charge in [0, 0.05) is 11.7 Å². The van der Waals surface area contributed by atoms with E-state index >= 15 is 0 Å². The quantitative estimate of drug-likeness (QED) is 0.833. The van der Waals surface area contributed by atoms with E-state index in [1.165, 1.54) is 5.56 Å². The number of rotatable bonds is 5. The summed E-state index contributed by atoms with van der Waals surface area (Å²) in [6.45, 7) is 4.30. The van der Waals surface area contributed by atoms with Gasteiger partial charge >= 0.3 is 5.97 Å². The van der Waals surface area contributed by atoms with E-state index in [1.54, 1.807) is 19.1 Å². The SMILES string of the molecule is CCOC(=O)c1ccc(NC(C)c2ccccc2)cc1. The Balaban J connectivity index is 2.02. The molecule has 104 valence electrons. The van der Waals surface area contributed by atoms with Gasteiger partial charge in [-0.3, -0.25) is 0 Å². The van der Waals surface area contributed by atoms with Crippen molar-refractivity contribution in [2.24, 2.45) is 0 Å². The molecule has 2 aromatic rings. The molecule has 0 aromatic heterocycles. The lowest BCUT2D eigenvalue weighted by Gasteiger charge is -2.15. The summed E-state index contributed by atoms with van der Waals surface area (Å²) in [5.74, 6) is -0.282. The van der Waals surface area contributed by atoms with Crippen LogP contribution in [0.1, 0.15) is 35.8 Å². The van der Waals surface area contributed by atoms with Crippen LogP contribution in [0.25, 0.3) is 0 Å². The minimum absolute atomic E-state index is 0.213. The third-order valence-electron chi connectivity index (χ3n) is 3.08. The molecule has 1 unspecified atom stereocenters. The van der Waals surface area contributed by atoms with Gasteiger partial charge in [0.05, 0.1) is 12.2 Å². The van der Waals surface area contributed by atoms with Gasteiger partial charge in [0.15, 0.2) is 0 Å². The molecule has 0 bridgehead atoms. The molecule has 20 heavy (non-hydrogen) atoms. The normalized spacial score (nSPS) is 11.7. The number of benzene rings is 2. The molecule has 0 radical (unpaired) electrons. The molecule has 0 amide bonds. The van der Waals surface area contributed by atoms with E-state index in [4.69, 9.17) is 4.74 Å². The van der Waals surface area contributed by atoms with Gasteiger partial charge in [0.2, 0.25) is 0 Å². The van der Waals surface area contributed by atoms with Gasteiger partial charge in [-0.1, -0.05) is 30.3 Å². The fourth-order valence-corrected chi connectivity index (χ4v) is 1.99. The van der Waals surface area contributed by atoms with Gasteiger partial charge < -0.3 is 10.1 Å². The van der Waals surface area contributed by atoms with Gasteiger partial charge in [0.1, 0.15) is 0 Å². The number of ether oxygens (including phenoxy) is 1. The Hall–Kier alpha value is -2.29. The Morgan fingerprint density at radius 1 is 1.10 bits per heavy atom. The number of nitrogens with one attached hydrogen (secondary N) is 1. The first-order chi connectivity index (χ1) is 9.70. The van der Waals surface area contributed by atoms with E-state index in [1.807, 2.05) is 30.3 Å². The zero-order valence-corrected chi connectivity index (χ0v) is 11.8. The molecule has 3 heteroatoms. The van der Waals surface area contributed by atoms with Crippen LogP contribution in [0, 0.1) is 0 Å². The predicted octanol–water partition coefficient (Wildman–Crippen LogP) is 4.04. The Morgan fingerprint density at radius 3 is 2.35 bits per heavy atom. The van der Waals surface area contributed by atoms with Crippen LogP contribution in [-0.4, -0.2) is 12.6 Å². The first kappa shape index (κ1) is 14.1. The van der Waals surface area contributed by atoms with Gasteiger partial charge in [-0.05, 0) is 43.7 Å². The third-order valence-corrected chi connectivity index (χ3v) is 3.08. The smallest absolute Gasteiger partial charge is 0.338 e. The molecule has 3 nitrogen and oxygen atoms in total. The fourth-order valence-electron chi connectivity index (χ4n) is 1.99. The molecular weight excluding hydrogens is 250 g/mol. The lowest BCUT2D eigenvalue weighted by molar-refractivity contribution is 0.0526. The zero-order valence-electron chi connectivity index (χ0n) is 11.8. The highest BCUT2D eigenvalue weighted by atomic mass is 16.5. The van der Waals surface area contributed by atoms with Crippen molar-refractivity contribution in [3.05, 3.63) is 65.7 Å². The van der Waals surface area contributed by atoms with E-state index in [0.717, 1.165) is 5.69 Å². The molecule has 2 aromatic carbocycles. The number of carbonyl (C=O) groups is 1. The van der Waals surface area contributed by atoms with Crippen molar-refractivity contribution in [1.29, 1.82) is 0 Å². The highest BCUT2D eigenvalue weighted by Crippen LogP contribution is 2.19. The second-order valence-corrected chi connectivity index (χ2v) is 4.57. The molecule has 0 aliphatic carbocycles. The van der Waals surface area contributed by atoms with Crippen molar-refractivity contribution in [1.82, 2.24) is 0 Å². The van der Waals surface area contributed by atoms with Crippen LogP contribution in [0.15, 0.2) is 54.6 Å². The molecule has 1 N–H and O–H groups in total. The summed E-state index contributed by atoms with van der Waals surface area (Å²) in [4.78, 5) is 11.6. The molecule has 0 saturated heterocycles. The highest BCUT2D eigenvalue weighted by Gasteiger charge is 2.07. The maximum atomic E-state index is 11.6. The van der Waals surface area contributed by atoms with Crippen LogP contribution < -0.4 is 5.32 Å². The average molecular weight is 269 g/mol. The van der Waals surface area contributed by atoms with Crippen molar-refractivity contribution in [2.45, 2.75) is 19.9 Å². The van der Waals surface area contributed by atoms with Crippen molar-refractivity contribution < 1.29 is 9.53 Å². The van der Waals surface area contributed by atoms with E-state index in [9.17, 15) is 4.79 Å². The summed E-state index contributed by atoms with van der Waals surface area (Å²) in [6, 6.07) is 17.8. The van der Waals surface area contributed by atoms with Crippen LogP contribution in [0.2, 0.25) is 0 Å². The van der Waals surface area contributed by atoms with E-state index < -0.39 is 0 Å². The molecule has 0 fully saturated rings. The van der Waals surface area contributed by atoms with E-state index in [0.29, 0.717) is 12.2 Å². The number of anilines is 1. The van der Waals surface area contributed by atoms with Crippen LogP contribution in [0.4, 0.5) is 5.69 Å². The number of hydrogen-bond donors (Lipinski definition) is 1. The van der Waals surface area contributed by atoms with Crippen molar-refractivity contribution in [3.8, 4) is 0 Å². The number of hydrogen-bond acceptors (Lipinski definition) is 3. The van der Waals surface area contributed by atoms with Crippen LogP contribution in [-0.2, 0) is 4.74 Å². The largest absolute Gasteiger partial charge is 0.462 e. The summed E-state index contributed by atoms with van der Waals surface area (Å²) in [7, 11) is 0. The maximum Gasteiger partial charge on any atom is 0.338 e. The summed E-state index contributed by atoms with van der Waals surface area (Å²) in [5.41, 5.74) is 2.78. The lowest BCUT2D eigenvalue weighted by atomic mass is 10.1. The Kier molecular flexibility index (Phi) is 4.77. The minimum atomic E-state index is -0.282. The van der Waals surface area contributed by atoms with Gasteiger partial charge in [-0.2, -0.15) is 0 Å². The molecule has 2 rings (SSSR count). The van der Waals surface area contributed by atoms with Gasteiger partial charge in [0.25, 0.3) is 0 Å². The Labute approximate surface area is 119 Å². The fraction of sp³-hybridized carbons (Fsp3) is 0.235. The summed E-state index contributed by atoms with van der Waals surface area (Å²) in [5, 5.41) is 3.40. The summed E-state index contributed by atoms with van der Waals surface area (Å²) in [6.07, 6.45) is 0. The highest BCUT2D eigenvalue weighted by molar-refractivity contribution is 5.89. The predicted molar refractivity (Wildman–Crippen MR) is 80.9 cm³/mol. The first-order valence-electron chi connectivity index (χ1n) is 6.79. The minimum Gasteiger partial charge on any atom is -0.462 e. The monoisotopic (exact) mass is 269 g/mol. The number of carbonyl (C=O) groups excluding carboxylic acids is 1. The first-order valence-corrected chi connectivity index (χ1v) is 6.79. The Morgan fingerprint density at radius 2 is 1.75 bits per heavy atom. The van der Waals surface area contributed by atoms with Crippen LogP contribution in [0.3, 0.4) is 0 Å². The second kappa shape index (κ2) is 6.75. The second-order valence-electron chi connectivity index (χ2n) is 4.57. The summed E-state index contributed by atoms with van der Waals surface area (Å²) < 4.78 is 4.96. The van der Waals surface area contributed by atoms with E-state index in [-0.39, 0.29) is 12.0 Å². The Bertz CT molecular complexity index is 549. The summed E-state index contributed by atoms with van der Waals surface area (Å²) >= 11 is 0. The average Bonchev–Trinajstić information content (AvgIpc) is 2.49. The molecule has 0 spiro atoms. The molecule has 1 atom stereocenters. The standard InChI is InChI=1S/C17H19NO2/c1-3-20-17(19)15-9-11-16(12-10-15)18-13(2)14-7-5-4-6-8-14/h4-13,18H,3H2,1-2H3. The van der Waals surface area contributed by atoms with Crippen molar-refractivity contribution in [2.75, 3.05) is 11.9 Å². The molecule has 0 aliphatic rings. The molecule has 0 heterocycles. The lowest BCUT2D eigenvalue weighted by Crippen LogP contribution is -2.07. The van der Waals surface area contributed by atoms with Gasteiger partial charge in [-0.25, -0.2) is 4.79 Å².